The molecule has 16 heavy (non-hydrogen) atoms. The molecule has 1 aromatic heterocycles. The number of hydrogen-bond acceptors (Lipinski definition) is 2. The molecule has 0 aromatic carbocycles. The first-order valence-corrected chi connectivity index (χ1v) is 6.04. The first-order valence-electron chi connectivity index (χ1n) is 6.04. The minimum Gasteiger partial charge on any atom is -0.353 e. The van der Waals surface area contributed by atoms with E-state index in [2.05, 4.69) is 15.5 Å². The summed E-state index contributed by atoms with van der Waals surface area (Å²) in [6.07, 6.45) is 6.07. The summed E-state index contributed by atoms with van der Waals surface area (Å²) < 4.78 is 0. The van der Waals surface area contributed by atoms with Crippen LogP contribution in [-0.4, -0.2) is 22.1 Å². The van der Waals surface area contributed by atoms with Crippen molar-refractivity contribution in [2.45, 2.75) is 51.5 Å². The van der Waals surface area contributed by atoms with Gasteiger partial charge in [-0.2, -0.15) is 5.10 Å². The molecule has 1 aromatic rings. The first-order chi connectivity index (χ1) is 7.74. The summed E-state index contributed by atoms with van der Waals surface area (Å²) in [6.45, 7) is 1.97. The first kappa shape index (κ1) is 11.2. The van der Waals surface area contributed by atoms with E-state index in [9.17, 15) is 4.79 Å². The standard InChI is InChI=1S/C12H19N3O/c1-9-8-11(15-14-9)6-7-12(16)13-10-4-2-3-5-10/h8,10H,2-7H2,1H3,(H,13,16)(H,14,15). The normalized spacial score (nSPS) is 16.6. The molecule has 1 aliphatic carbocycles. The Balaban J connectivity index is 1.71. The maximum Gasteiger partial charge on any atom is 0.220 e. The van der Waals surface area contributed by atoms with Crippen LogP contribution in [0.2, 0.25) is 0 Å². The highest BCUT2D eigenvalue weighted by Crippen LogP contribution is 2.17. The van der Waals surface area contributed by atoms with E-state index in [1.54, 1.807) is 0 Å². The van der Waals surface area contributed by atoms with E-state index in [1.807, 2.05) is 13.0 Å². The van der Waals surface area contributed by atoms with Crippen molar-refractivity contribution in [2.75, 3.05) is 0 Å². The van der Waals surface area contributed by atoms with Gasteiger partial charge >= 0.3 is 0 Å². The summed E-state index contributed by atoms with van der Waals surface area (Å²) in [5.74, 6) is 0.160. The van der Waals surface area contributed by atoms with Gasteiger partial charge in [-0.1, -0.05) is 12.8 Å². The van der Waals surface area contributed by atoms with Crippen molar-refractivity contribution >= 4 is 5.91 Å². The lowest BCUT2D eigenvalue weighted by molar-refractivity contribution is -0.121. The van der Waals surface area contributed by atoms with Crippen LogP contribution in [0.25, 0.3) is 0 Å². The number of carbonyl (C=O) groups is 1. The Labute approximate surface area is 95.8 Å². The quantitative estimate of drug-likeness (QED) is 0.813. The third-order valence-electron chi connectivity index (χ3n) is 3.09. The average Bonchev–Trinajstić information content (AvgIpc) is 2.87. The molecule has 4 heteroatoms. The fourth-order valence-corrected chi connectivity index (χ4v) is 2.21. The minimum atomic E-state index is 0.160. The molecule has 1 aliphatic rings. The average molecular weight is 221 g/mol. The zero-order valence-electron chi connectivity index (χ0n) is 9.75. The van der Waals surface area contributed by atoms with E-state index < -0.39 is 0 Å². The van der Waals surface area contributed by atoms with Gasteiger partial charge in [-0.15, -0.1) is 0 Å². The van der Waals surface area contributed by atoms with Gasteiger partial charge < -0.3 is 5.32 Å². The van der Waals surface area contributed by atoms with Gasteiger partial charge in [0.25, 0.3) is 0 Å². The van der Waals surface area contributed by atoms with Crippen LogP contribution in [0.1, 0.15) is 43.5 Å². The van der Waals surface area contributed by atoms with E-state index in [-0.39, 0.29) is 5.91 Å². The Hall–Kier alpha value is -1.32. The fourth-order valence-electron chi connectivity index (χ4n) is 2.21. The predicted octanol–water partition coefficient (Wildman–Crippen LogP) is 1.71. The van der Waals surface area contributed by atoms with Crippen LogP contribution in [-0.2, 0) is 11.2 Å². The lowest BCUT2D eigenvalue weighted by Gasteiger charge is -2.10. The number of nitrogens with one attached hydrogen (secondary N) is 2. The van der Waals surface area contributed by atoms with Gasteiger partial charge in [0.2, 0.25) is 5.91 Å². The van der Waals surface area contributed by atoms with Crippen LogP contribution in [0.4, 0.5) is 0 Å². The number of aromatic nitrogens is 2. The maximum absolute atomic E-state index is 11.6. The minimum absolute atomic E-state index is 0.160. The van der Waals surface area contributed by atoms with E-state index in [0.29, 0.717) is 12.5 Å². The van der Waals surface area contributed by atoms with E-state index >= 15 is 0 Å². The lowest BCUT2D eigenvalue weighted by atomic mass is 10.2. The number of rotatable bonds is 4. The maximum atomic E-state index is 11.6. The van der Waals surface area contributed by atoms with E-state index in [1.165, 1.54) is 12.8 Å². The molecule has 0 atom stereocenters. The van der Waals surface area contributed by atoms with Crippen molar-refractivity contribution in [3.63, 3.8) is 0 Å². The van der Waals surface area contributed by atoms with Crippen LogP contribution in [0, 0.1) is 6.92 Å². The van der Waals surface area contributed by atoms with Gasteiger partial charge in [0.1, 0.15) is 0 Å². The Morgan fingerprint density at radius 1 is 1.56 bits per heavy atom. The Morgan fingerprint density at radius 3 is 2.94 bits per heavy atom. The van der Waals surface area contributed by atoms with Crippen molar-refractivity contribution in [2.24, 2.45) is 0 Å². The summed E-state index contributed by atoms with van der Waals surface area (Å²) in [4.78, 5) is 11.6. The third kappa shape index (κ3) is 3.08. The second kappa shape index (κ2) is 5.14. The van der Waals surface area contributed by atoms with Crippen molar-refractivity contribution in [3.05, 3.63) is 17.5 Å². The van der Waals surface area contributed by atoms with Crippen LogP contribution < -0.4 is 5.32 Å². The van der Waals surface area contributed by atoms with Crippen LogP contribution in [0.15, 0.2) is 6.07 Å². The molecule has 2 N–H and O–H groups in total. The van der Waals surface area contributed by atoms with E-state index in [0.717, 1.165) is 30.7 Å². The van der Waals surface area contributed by atoms with Gasteiger partial charge in [-0.05, 0) is 25.8 Å². The van der Waals surface area contributed by atoms with Gasteiger partial charge in [0, 0.05) is 24.6 Å². The predicted molar refractivity (Wildman–Crippen MR) is 62.0 cm³/mol. The molecule has 4 nitrogen and oxygen atoms in total. The second-order valence-corrected chi connectivity index (χ2v) is 4.59. The monoisotopic (exact) mass is 221 g/mol. The summed E-state index contributed by atoms with van der Waals surface area (Å²) in [7, 11) is 0. The molecule has 0 aliphatic heterocycles. The Bertz CT molecular complexity index is 353. The molecule has 1 amide bonds. The zero-order chi connectivity index (χ0) is 11.4. The molecular weight excluding hydrogens is 202 g/mol. The largest absolute Gasteiger partial charge is 0.353 e. The van der Waals surface area contributed by atoms with Crippen LogP contribution in [0.5, 0.6) is 0 Å². The number of aryl methyl sites for hydroxylation is 2. The summed E-state index contributed by atoms with van der Waals surface area (Å²) in [5.41, 5.74) is 2.02. The lowest BCUT2D eigenvalue weighted by Crippen LogP contribution is -2.32. The molecule has 1 saturated carbocycles. The SMILES string of the molecule is Cc1cc(CCC(=O)NC2CCCC2)n[nH]1. The van der Waals surface area contributed by atoms with Crippen LogP contribution in [0.3, 0.4) is 0 Å². The van der Waals surface area contributed by atoms with Crippen molar-refractivity contribution < 1.29 is 4.79 Å². The molecule has 0 spiro atoms. The molecule has 0 saturated heterocycles. The highest BCUT2D eigenvalue weighted by molar-refractivity contribution is 5.76. The molecule has 0 radical (unpaired) electrons. The Kier molecular flexibility index (Phi) is 3.59. The molecule has 0 unspecified atom stereocenters. The third-order valence-corrected chi connectivity index (χ3v) is 3.09. The number of aromatic amines is 1. The number of carbonyl (C=O) groups excluding carboxylic acids is 1. The van der Waals surface area contributed by atoms with Gasteiger partial charge in [-0.25, -0.2) is 0 Å². The Morgan fingerprint density at radius 2 is 2.31 bits per heavy atom. The van der Waals surface area contributed by atoms with Crippen molar-refractivity contribution in [3.8, 4) is 0 Å². The topological polar surface area (TPSA) is 57.8 Å². The zero-order valence-corrected chi connectivity index (χ0v) is 9.75. The number of hydrogen-bond donors (Lipinski definition) is 2. The molecule has 1 heterocycles. The summed E-state index contributed by atoms with van der Waals surface area (Å²) >= 11 is 0. The highest BCUT2D eigenvalue weighted by atomic mass is 16.1. The number of nitrogens with zero attached hydrogens (tertiary/aromatic N) is 1. The van der Waals surface area contributed by atoms with Crippen molar-refractivity contribution in [1.82, 2.24) is 15.5 Å². The fraction of sp³-hybridized carbons (Fsp3) is 0.667. The van der Waals surface area contributed by atoms with Gasteiger partial charge in [0.05, 0.1) is 5.69 Å². The van der Waals surface area contributed by atoms with Crippen LogP contribution >= 0.6 is 0 Å². The highest BCUT2D eigenvalue weighted by Gasteiger charge is 2.16. The summed E-state index contributed by atoms with van der Waals surface area (Å²) in [5, 5.41) is 10.1. The molecule has 2 rings (SSSR count). The molecule has 88 valence electrons. The number of H-pyrrole nitrogens is 1. The van der Waals surface area contributed by atoms with Gasteiger partial charge in [-0.3, -0.25) is 9.89 Å². The second-order valence-electron chi connectivity index (χ2n) is 4.59. The van der Waals surface area contributed by atoms with E-state index in [4.69, 9.17) is 0 Å². The molecule has 0 bridgehead atoms. The van der Waals surface area contributed by atoms with Crippen molar-refractivity contribution in [1.29, 1.82) is 0 Å². The molecule has 1 fully saturated rings. The summed E-state index contributed by atoms with van der Waals surface area (Å²) in [6, 6.07) is 2.41. The smallest absolute Gasteiger partial charge is 0.220 e. The van der Waals surface area contributed by atoms with Gasteiger partial charge in [0.15, 0.2) is 0 Å². The molecular formula is C12H19N3O. The number of amides is 1.